The summed E-state index contributed by atoms with van der Waals surface area (Å²) < 4.78 is 1.83. The van der Waals surface area contributed by atoms with Crippen LogP contribution < -0.4 is 11.3 Å². The number of nitrogens with one attached hydrogen (secondary N) is 1. The van der Waals surface area contributed by atoms with E-state index in [0.717, 1.165) is 21.4 Å². The monoisotopic (exact) mass is 250 g/mol. The molecule has 0 aliphatic heterocycles. The van der Waals surface area contributed by atoms with E-state index in [0.29, 0.717) is 5.95 Å². The summed E-state index contributed by atoms with van der Waals surface area (Å²) in [5.74, 6) is 5.74. The molecular formula is C10H14N6S. The molecular weight excluding hydrogens is 236 g/mol. The van der Waals surface area contributed by atoms with E-state index in [1.807, 2.05) is 37.7 Å². The van der Waals surface area contributed by atoms with Gasteiger partial charge < -0.3 is 0 Å². The van der Waals surface area contributed by atoms with Crippen molar-refractivity contribution in [2.75, 3.05) is 5.43 Å². The highest BCUT2D eigenvalue weighted by Gasteiger charge is 2.07. The number of rotatable bonds is 3. The zero-order valence-corrected chi connectivity index (χ0v) is 10.7. The first-order valence-electron chi connectivity index (χ1n) is 5.09. The quantitative estimate of drug-likeness (QED) is 0.485. The highest BCUT2D eigenvalue weighted by Crippen LogP contribution is 2.27. The van der Waals surface area contributed by atoms with Crippen LogP contribution in [0.2, 0.25) is 0 Å². The number of nitrogens with zero attached hydrogens (tertiary/aromatic N) is 4. The van der Waals surface area contributed by atoms with Crippen LogP contribution in [0.1, 0.15) is 11.4 Å². The molecule has 2 heterocycles. The Bertz CT molecular complexity index is 536. The van der Waals surface area contributed by atoms with Crippen LogP contribution >= 0.6 is 11.8 Å². The molecule has 2 aromatic rings. The smallest absolute Gasteiger partial charge is 0.238 e. The molecule has 7 heteroatoms. The Kier molecular flexibility index (Phi) is 3.30. The second kappa shape index (κ2) is 4.72. The summed E-state index contributed by atoms with van der Waals surface area (Å²) in [5, 5.41) is 6.16. The van der Waals surface area contributed by atoms with Crippen molar-refractivity contribution in [3.05, 3.63) is 23.5 Å². The van der Waals surface area contributed by atoms with Gasteiger partial charge in [0.15, 0.2) is 0 Å². The minimum absolute atomic E-state index is 0.423. The van der Waals surface area contributed by atoms with Gasteiger partial charge in [0.2, 0.25) is 5.95 Å². The molecule has 0 aromatic carbocycles. The molecule has 0 aliphatic carbocycles. The van der Waals surface area contributed by atoms with Gasteiger partial charge in [-0.15, -0.1) is 0 Å². The van der Waals surface area contributed by atoms with Gasteiger partial charge in [0, 0.05) is 12.7 Å². The number of hydrazine groups is 1. The fourth-order valence-corrected chi connectivity index (χ4v) is 2.42. The molecule has 17 heavy (non-hydrogen) atoms. The predicted molar refractivity (Wildman–Crippen MR) is 66.6 cm³/mol. The third-order valence-corrected chi connectivity index (χ3v) is 3.14. The van der Waals surface area contributed by atoms with Crippen molar-refractivity contribution >= 4 is 17.7 Å². The van der Waals surface area contributed by atoms with E-state index in [2.05, 4.69) is 20.5 Å². The van der Waals surface area contributed by atoms with Gasteiger partial charge in [-0.25, -0.2) is 15.8 Å². The van der Waals surface area contributed by atoms with Crippen LogP contribution in [0.4, 0.5) is 5.95 Å². The van der Waals surface area contributed by atoms with Crippen molar-refractivity contribution in [1.82, 2.24) is 19.7 Å². The van der Waals surface area contributed by atoms with E-state index in [-0.39, 0.29) is 0 Å². The highest BCUT2D eigenvalue weighted by molar-refractivity contribution is 7.99. The van der Waals surface area contributed by atoms with Crippen molar-refractivity contribution in [2.45, 2.75) is 23.9 Å². The van der Waals surface area contributed by atoms with Gasteiger partial charge in [0.1, 0.15) is 10.1 Å². The van der Waals surface area contributed by atoms with Crippen LogP contribution in [0.3, 0.4) is 0 Å². The Morgan fingerprint density at radius 3 is 2.59 bits per heavy atom. The van der Waals surface area contributed by atoms with Crippen molar-refractivity contribution in [3.63, 3.8) is 0 Å². The fraction of sp³-hybridized carbons (Fsp3) is 0.300. The van der Waals surface area contributed by atoms with E-state index in [1.54, 1.807) is 0 Å². The number of anilines is 1. The number of nitrogen functional groups attached to an aromatic ring is 1. The molecule has 0 unspecified atom stereocenters. The van der Waals surface area contributed by atoms with E-state index in [9.17, 15) is 0 Å². The van der Waals surface area contributed by atoms with Gasteiger partial charge in [-0.3, -0.25) is 10.1 Å². The van der Waals surface area contributed by atoms with Crippen LogP contribution in [0.25, 0.3) is 0 Å². The molecule has 0 saturated carbocycles. The summed E-state index contributed by atoms with van der Waals surface area (Å²) in [4.78, 5) is 8.41. The van der Waals surface area contributed by atoms with E-state index < -0.39 is 0 Å². The third-order valence-electron chi connectivity index (χ3n) is 2.13. The molecule has 0 bridgehead atoms. The summed E-state index contributed by atoms with van der Waals surface area (Å²) in [7, 11) is 1.91. The Morgan fingerprint density at radius 2 is 2.00 bits per heavy atom. The number of hydrogen-bond donors (Lipinski definition) is 2. The standard InChI is InChI=1S/C10H14N6S/c1-6-4-8(13-10(12-6)14-11)17-9-5-7(2)15-16(9)3/h4-5H,11H2,1-3H3,(H,12,13,14). The van der Waals surface area contributed by atoms with Crippen LogP contribution in [-0.2, 0) is 7.05 Å². The number of aromatic nitrogens is 4. The van der Waals surface area contributed by atoms with Crippen LogP contribution in [-0.4, -0.2) is 19.7 Å². The lowest BCUT2D eigenvalue weighted by atomic mass is 10.5. The molecule has 90 valence electrons. The summed E-state index contributed by atoms with van der Waals surface area (Å²) in [5.41, 5.74) is 4.31. The first kappa shape index (κ1) is 11.9. The maximum atomic E-state index is 5.31. The molecule has 6 nitrogen and oxygen atoms in total. The van der Waals surface area contributed by atoms with E-state index in [1.165, 1.54) is 11.8 Å². The molecule has 0 radical (unpaired) electrons. The number of nitrogens with two attached hydrogens (primary N) is 1. The molecule has 0 atom stereocenters. The predicted octanol–water partition coefficient (Wildman–Crippen LogP) is 1.26. The highest BCUT2D eigenvalue weighted by atomic mass is 32.2. The molecule has 2 aromatic heterocycles. The van der Waals surface area contributed by atoms with E-state index in [4.69, 9.17) is 5.84 Å². The van der Waals surface area contributed by atoms with Gasteiger partial charge in [-0.05, 0) is 26.0 Å². The van der Waals surface area contributed by atoms with Gasteiger partial charge in [-0.2, -0.15) is 5.10 Å². The lowest BCUT2D eigenvalue weighted by molar-refractivity contribution is 0.692. The average Bonchev–Trinajstić information content (AvgIpc) is 2.56. The second-order valence-electron chi connectivity index (χ2n) is 3.67. The van der Waals surface area contributed by atoms with Gasteiger partial charge in [-0.1, -0.05) is 11.8 Å². The molecule has 0 amide bonds. The Labute approximate surface area is 104 Å². The van der Waals surface area contributed by atoms with Crippen LogP contribution in [0, 0.1) is 13.8 Å². The number of hydrogen-bond acceptors (Lipinski definition) is 6. The largest absolute Gasteiger partial charge is 0.292 e. The second-order valence-corrected chi connectivity index (χ2v) is 4.71. The minimum atomic E-state index is 0.423. The van der Waals surface area contributed by atoms with Crippen molar-refractivity contribution in [3.8, 4) is 0 Å². The molecule has 0 aliphatic rings. The first-order valence-corrected chi connectivity index (χ1v) is 5.91. The Morgan fingerprint density at radius 1 is 1.24 bits per heavy atom. The van der Waals surface area contributed by atoms with Crippen molar-refractivity contribution < 1.29 is 0 Å². The maximum absolute atomic E-state index is 5.31. The summed E-state index contributed by atoms with van der Waals surface area (Å²) in [6.45, 7) is 3.86. The molecule has 0 spiro atoms. The molecule has 0 saturated heterocycles. The summed E-state index contributed by atoms with van der Waals surface area (Å²) in [6.07, 6.45) is 0. The Hall–Kier alpha value is -1.60. The first-order chi connectivity index (χ1) is 8.08. The Balaban J connectivity index is 2.29. The van der Waals surface area contributed by atoms with Crippen LogP contribution in [0.5, 0.6) is 0 Å². The van der Waals surface area contributed by atoms with Gasteiger partial charge in [0.05, 0.1) is 5.69 Å². The normalized spacial score (nSPS) is 10.6. The van der Waals surface area contributed by atoms with Crippen molar-refractivity contribution in [2.24, 2.45) is 12.9 Å². The molecule has 3 N–H and O–H groups in total. The zero-order chi connectivity index (χ0) is 12.4. The minimum Gasteiger partial charge on any atom is -0.292 e. The van der Waals surface area contributed by atoms with Gasteiger partial charge >= 0.3 is 0 Å². The molecule has 2 rings (SSSR count). The van der Waals surface area contributed by atoms with Crippen molar-refractivity contribution in [1.29, 1.82) is 0 Å². The summed E-state index contributed by atoms with van der Waals surface area (Å²) >= 11 is 1.53. The number of aryl methyl sites for hydroxylation is 3. The van der Waals surface area contributed by atoms with Crippen LogP contribution in [0.15, 0.2) is 22.2 Å². The zero-order valence-electron chi connectivity index (χ0n) is 9.93. The third kappa shape index (κ3) is 2.75. The fourth-order valence-electron chi connectivity index (χ4n) is 1.45. The van der Waals surface area contributed by atoms with Gasteiger partial charge in [0.25, 0.3) is 0 Å². The average molecular weight is 250 g/mol. The SMILES string of the molecule is Cc1cc(Sc2cc(C)nn2C)nc(NN)n1. The lowest BCUT2D eigenvalue weighted by Crippen LogP contribution is -2.11. The van der Waals surface area contributed by atoms with E-state index >= 15 is 0 Å². The lowest BCUT2D eigenvalue weighted by Gasteiger charge is -2.04. The topological polar surface area (TPSA) is 81.7 Å². The molecule has 0 fully saturated rings. The summed E-state index contributed by atoms with van der Waals surface area (Å²) in [6, 6.07) is 3.92. The maximum Gasteiger partial charge on any atom is 0.238 e.